The van der Waals surface area contributed by atoms with Crippen molar-refractivity contribution in [2.45, 2.75) is 0 Å². The standard InChI is InChI=1S/C16H8ClN5O2/c17-10-5-3-9(4-6-10)13-11(8-18)15(23)22-16(19-13)20-14(21-22)12-2-1-7-24-12/h1-7H,(H,19,20,21). The number of aromatic nitrogens is 4. The third-order valence-electron chi connectivity index (χ3n) is 3.48. The van der Waals surface area contributed by atoms with Gasteiger partial charge in [-0.3, -0.25) is 9.89 Å². The first-order chi connectivity index (χ1) is 11.7. The summed E-state index contributed by atoms with van der Waals surface area (Å²) in [6, 6.07) is 12.0. The maximum Gasteiger partial charge on any atom is 0.292 e. The predicted molar refractivity (Wildman–Crippen MR) is 86.5 cm³/mol. The lowest BCUT2D eigenvalue weighted by atomic mass is 10.1. The SMILES string of the molecule is N#Cc1c(-c2ccc(Cl)cc2)nc2nc(-c3ccco3)[nH]n2c1=O. The van der Waals surface area contributed by atoms with Gasteiger partial charge < -0.3 is 4.42 Å². The molecule has 0 saturated heterocycles. The Morgan fingerprint density at radius 3 is 2.67 bits per heavy atom. The first kappa shape index (κ1) is 14.2. The zero-order valence-corrected chi connectivity index (χ0v) is 12.8. The molecule has 3 heterocycles. The van der Waals surface area contributed by atoms with E-state index in [0.717, 1.165) is 4.52 Å². The van der Waals surface area contributed by atoms with Crippen molar-refractivity contribution in [2.24, 2.45) is 0 Å². The molecule has 0 spiro atoms. The van der Waals surface area contributed by atoms with Crippen LogP contribution in [0.1, 0.15) is 5.56 Å². The number of rotatable bonds is 2. The molecule has 1 aromatic carbocycles. The Kier molecular flexibility index (Phi) is 3.18. The van der Waals surface area contributed by atoms with E-state index in [1.807, 2.05) is 6.07 Å². The van der Waals surface area contributed by atoms with Crippen LogP contribution < -0.4 is 5.56 Å². The zero-order valence-electron chi connectivity index (χ0n) is 12.0. The van der Waals surface area contributed by atoms with Crippen LogP contribution in [0, 0.1) is 11.3 Å². The molecule has 0 amide bonds. The zero-order chi connectivity index (χ0) is 16.7. The second kappa shape index (κ2) is 5.37. The summed E-state index contributed by atoms with van der Waals surface area (Å²) >= 11 is 5.88. The molecule has 0 saturated carbocycles. The minimum absolute atomic E-state index is 0.0792. The van der Waals surface area contributed by atoms with Gasteiger partial charge in [0.25, 0.3) is 11.3 Å². The number of aromatic amines is 1. The van der Waals surface area contributed by atoms with Gasteiger partial charge in [0.15, 0.2) is 11.6 Å². The van der Waals surface area contributed by atoms with Crippen molar-refractivity contribution < 1.29 is 4.42 Å². The van der Waals surface area contributed by atoms with E-state index in [1.54, 1.807) is 36.4 Å². The summed E-state index contributed by atoms with van der Waals surface area (Å²) in [6.07, 6.45) is 1.50. The number of nitrogens with one attached hydrogen (secondary N) is 1. The molecule has 116 valence electrons. The van der Waals surface area contributed by atoms with Gasteiger partial charge in [-0.25, -0.2) is 4.98 Å². The number of H-pyrrole nitrogens is 1. The quantitative estimate of drug-likeness (QED) is 0.606. The molecule has 0 fully saturated rings. The van der Waals surface area contributed by atoms with E-state index in [-0.39, 0.29) is 17.0 Å². The average Bonchev–Trinajstić information content (AvgIpc) is 3.25. The van der Waals surface area contributed by atoms with Crippen molar-refractivity contribution in [1.82, 2.24) is 19.6 Å². The van der Waals surface area contributed by atoms with E-state index in [0.29, 0.717) is 22.2 Å². The Morgan fingerprint density at radius 1 is 1.21 bits per heavy atom. The summed E-state index contributed by atoms with van der Waals surface area (Å²) in [4.78, 5) is 21.2. The Bertz CT molecular complexity index is 1130. The van der Waals surface area contributed by atoms with Crippen molar-refractivity contribution in [3.05, 3.63) is 63.6 Å². The second-order valence-electron chi connectivity index (χ2n) is 4.94. The topological polar surface area (TPSA) is 100.0 Å². The first-order valence-corrected chi connectivity index (χ1v) is 7.28. The number of hydrogen-bond donors (Lipinski definition) is 1. The molecule has 0 aliphatic heterocycles. The van der Waals surface area contributed by atoms with E-state index < -0.39 is 5.56 Å². The van der Waals surface area contributed by atoms with Gasteiger partial charge >= 0.3 is 0 Å². The van der Waals surface area contributed by atoms with Crippen LogP contribution in [0.25, 0.3) is 28.6 Å². The molecule has 1 N–H and O–H groups in total. The molecule has 24 heavy (non-hydrogen) atoms. The Balaban J connectivity index is 2.00. The van der Waals surface area contributed by atoms with Gasteiger partial charge in [0, 0.05) is 10.6 Å². The van der Waals surface area contributed by atoms with E-state index in [4.69, 9.17) is 16.0 Å². The monoisotopic (exact) mass is 337 g/mol. The van der Waals surface area contributed by atoms with Crippen LogP contribution in [0.3, 0.4) is 0 Å². The van der Waals surface area contributed by atoms with E-state index >= 15 is 0 Å². The molecule has 0 aliphatic carbocycles. The molecule has 4 aromatic rings. The fourth-order valence-electron chi connectivity index (χ4n) is 2.36. The number of furan rings is 1. The van der Waals surface area contributed by atoms with Crippen LogP contribution in [0.4, 0.5) is 0 Å². The normalized spacial score (nSPS) is 10.8. The highest BCUT2D eigenvalue weighted by molar-refractivity contribution is 6.30. The van der Waals surface area contributed by atoms with Crippen molar-refractivity contribution >= 4 is 17.4 Å². The Labute approximate surface area is 139 Å². The van der Waals surface area contributed by atoms with E-state index in [9.17, 15) is 10.1 Å². The molecule has 0 bridgehead atoms. The largest absolute Gasteiger partial charge is 0.461 e. The average molecular weight is 338 g/mol. The minimum atomic E-state index is -0.530. The third kappa shape index (κ3) is 2.17. The van der Waals surface area contributed by atoms with Gasteiger partial charge in [0.1, 0.15) is 11.6 Å². The molecule has 0 aliphatic rings. The predicted octanol–water partition coefficient (Wildman–Crippen LogP) is 2.87. The van der Waals surface area contributed by atoms with Crippen LogP contribution >= 0.6 is 11.6 Å². The first-order valence-electron chi connectivity index (χ1n) is 6.90. The highest BCUT2D eigenvalue weighted by atomic mass is 35.5. The Morgan fingerprint density at radius 2 is 2.00 bits per heavy atom. The molecule has 0 atom stereocenters. The van der Waals surface area contributed by atoms with Crippen molar-refractivity contribution in [3.63, 3.8) is 0 Å². The number of halogens is 1. The molecular formula is C16H8ClN5O2. The number of fused-ring (bicyclic) bond motifs is 1. The van der Waals surface area contributed by atoms with Gasteiger partial charge in [0.05, 0.1) is 12.0 Å². The van der Waals surface area contributed by atoms with Crippen LogP contribution in [-0.2, 0) is 0 Å². The molecule has 0 unspecified atom stereocenters. The van der Waals surface area contributed by atoms with E-state index in [2.05, 4.69) is 15.1 Å². The number of benzene rings is 1. The van der Waals surface area contributed by atoms with Crippen LogP contribution in [0.2, 0.25) is 5.02 Å². The van der Waals surface area contributed by atoms with Crippen molar-refractivity contribution in [1.29, 1.82) is 5.26 Å². The minimum Gasteiger partial charge on any atom is -0.461 e. The summed E-state index contributed by atoms with van der Waals surface area (Å²) in [5.74, 6) is 0.962. The summed E-state index contributed by atoms with van der Waals surface area (Å²) < 4.78 is 6.38. The van der Waals surface area contributed by atoms with Crippen LogP contribution in [-0.4, -0.2) is 19.6 Å². The van der Waals surface area contributed by atoms with Crippen LogP contribution in [0.5, 0.6) is 0 Å². The third-order valence-corrected chi connectivity index (χ3v) is 3.73. The number of nitriles is 1. The lowest BCUT2D eigenvalue weighted by Crippen LogP contribution is -2.19. The van der Waals surface area contributed by atoms with Gasteiger partial charge in [-0.2, -0.15) is 14.8 Å². The van der Waals surface area contributed by atoms with Crippen molar-refractivity contribution in [2.75, 3.05) is 0 Å². The fourth-order valence-corrected chi connectivity index (χ4v) is 2.48. The summed E-state index contributed by atoms with van der Waals surface area (Å²) in [5.41, 5.74) is 0.261. The highest BCUT2D eigenvalue weighted by Gasteiger charge is 2.18. The fraction of sp³-hybridized carbons (Fsp3) is 0. The lowest BCUT2D eigenvalue weighted by molar-refractivity contribution is 0.577. The van der Waals surface area contributed by atoms with Gasteiger partial charge in [-0.1, -0.05) is 23.7 Å². The molecule has 3 aromatic heterocycles. The van der Waals surface area contributed by atoms with Gasteiger partial charge in [0.2, 0.25) is 0 Å². The van der Waals surface area contributed by atoms with Gasteiger partial charge in [-0.05, 0) is 24.3 Å². The maximum absolute atomic E-state index is 12.6. The summed E-state index contributed by atoms with van der Waals surface area (Å²) in [6.45, 7) is 0. The molecular weight excluding hydrogens is 330 g/mol. The molecule has 8 heteroatoms. The Hall–Kier alpha value is -3.37. The highest BCUT2D eigenvalue weighted by Crippen LogP contribution is 2.22. The molecule has 7 nitrogen and oxygen atoms in total. The van der Waals surface area contributed by atoms with E-state index in [1.165, 1.54) is 6.26 Å². The maximum atomic E-state index is 12.6. The smallest absolute Gasteiger partial charge is 0.292 e. The second-order valence-corrected chi connectivity index (χ2v) is 5.38. The number of hydrogen-bond acceptors (Lipinski definition) is 5. The van der Waals surface area contributed by atoms with Crippen molar-refractivity contribution in [3.8, 4) is 28.9 Å². The number of nitrogens with zero attached hydrogens (tertiary/aromatic N) is 4. The molecule has 4 rings (SSSR count). The summed E-state index contributed by atoms with van der Waals surface area (Å²) in [5, 5.41) is 12.7. The molecule has 0 radical (unpaired) electrons. The van der Waals surface area contributed by atoms with Crippen LogP contribution in [0.15, 0.2) is 51.9 Å². The van der Waals surface area contributed by atoms with Gasteiger partial charge in [-0.15, -0.1) is 0 Å². The lowest BCUT2D eigenvalue weighted by Gasteiger charge is -2.03. The summed E-state index contributed by atoms with van der Waals surface area (Å²) in [7, 11) is 0.